The molecule has 0 amide bonds. The lowest BCUT2D eigenvalue weighted by atomic mass is 10.0. The Morgan fingerprint density at radius 1 is 1.24 bits per heavy atom. The van der Waals surface area contributed by atoms with Gasteiger partial charge < -0.3 is 15.8 Å². The van der Waals surface area contributed by atoms with Gasteiger partial charge in [-0.3, -0.25) is 0 Å². The number of benzene rings is 1. The fourth-order valence-electron chi connectivity index (χ4n) is 2.15. The lowest BCUT2D eigenvalue weighted by Crippen LogP contribution is -2.32. The third-order valence-corrected chi connectivity index (χ3v) is 3.54. The number of hydrogen-bond donors (Lipinski definition) is 2. The summed E-state index contributed by atoms with van der Waals surface area (Å²) in [5.41, 5.74) is 6.42. The molecule has 6 heteroatoms. The second-order valence-corrected chi connectivity index (χ2v) is 5.00. The van der Waals surface area contributed by atoms with Crippen molar-refractivity contribution in [3.05, 3.63) is 29.8 Å². The second kappa shape index (κ2) is 8.24. The monoisotopic (exact) mass is 304 g/mol. The Morgan fingerprint density at radius 2 is 1.90 bits per heavy atom. The fourth-order valence-corrected chi connectivity index (χ4v) is 2.15. The van der Waals surface area contributed by atoms with Crippen LogP contribution in [0.5, 0.6) is 5.75 Å². The molecule has 0 radical (unpaired) electrons. The Morgan fingerprint density at radius 3 is 2.43 bits per heavy atom. The van der Waals surface area contributed by atoms with Gasteiger partial charge in [-0.15, -0.1) is 13.2 Å². The first-order valence-corrected chi connectivity index (χ1v) is 7.18. The average molecular weight is 304 g/mol. The third kappa shape index (κ3) is 6.35. The summed E-state index contributed by atoms with van der Waals surface area (Å²) >= 11 is 0. The van der Waals surface area contributed by atoms with Crippen molar-refractivity contribution in [2.45, 2.75) is 39.1 Å². The maximum absolute atomic E-state index is 12.2. The van der Waals surface area contributed by atoms with Gasteiger partial charge in [-0.05, 0) is 30.2 Å². The highest BCUT2D eigenvalue weighted by molar-refractivity contribution is 5.31. The highest BCUT2D eigenvalue weighted by Crippen LogP contribution is 2.25. The van der Waals surface area contributed by atoms with Crippen LogP contribution in [0.15, 0.2) is 24.3 Å². The summed E-state index contributed by atoms with van der Waals surface area (Å²) in [6, 6.07) is 5.77. The predicted octanol–water partition coefficient (Wildman–Crippen LogP) is 3.61. The van der Waals surface area contributed by atoms with Crippen molar-refractivity contribution in [2.75, 3.05) is 13.1 Å². The number of nitrogens with two attached hydrogens (primary N) is 1. The SMILES string of the molecule is CCC(CC)CNC(CN)c1cccc(OC(F)(F)F)c1. The summed E-state index contributed by atoms with van der Waals surface area (Å²) < 4.78 is 40.7. The molecule has 3 nitrogen and oxygen atoms in total. The Hall–Kier alpha value is -1.27. The van der Waals surface area contributed by atoms with E-state index in [0.717, 1.165) is 19.4 Å². The average Bonchev–Trinajstić information content (AvgIpc) is 2.42. The zero-order valence-electron chi connectivity index (χ0n) is 12.4. The molecule has 0 saturated heterocycles. The molecule has 0 fully saturated rings. The molecule has 0 aliphatic heterocycles. The zero-order chi connectivity index (χ0) is 15.9. The molecule has 120 valence electrons. The highest BCUT2D eigenvalue weighted by Gasteiger charge is 2.31. The van der Waals surface area contributed by atoms with Crippen LogP contribution in [0.25, 0.3) is 0 Å². The number of halogens is 3. The zero-order valence-corrected chi connectivity index (χ0v) is 12.4. The van der Waals surface area contributed by atoms with E-state index < -0.39 is 6.36 Å². The van der Waals surface area contributed by atoms with E-state index in [-0.39, 0.29) is 11.8 Å². The van der Waals surface area contributed by atoms with Gasteiger partial charge >= 0.3 is 6.36 Å². The summed E-state index contributed by atoms with van der Waals surface area (Å²) in [4.78, 5) is 0. The quantitative estimate of drug-likeness (QED) is 0.771. The van der Waals surface area contributed by atoms with Crippen molar-refractivity contribution < 1.29 is 17.9 Å². The standard InChI is InChI=1S/C15H23F3N2O/c1-3-11(4-2)10-20-14(9-19)12-6-5-7-13(8-12)21-15(16,17)18/h5-8,11,14,20H,3-4,9-10,19H2,1-2H3. The Bertz CT molecular complexity index is 420. The number of nitrogens with one attached hydrogen (secondary N) is 1. The minimum atomic E-state index is -4.68. The van der Waals surface area contributed by atoms with E-state index in [1.165, 1.54) is 18.2 Å². The van der Waals surface area contributed by atoms with Crippen molar-refractivity contribution in [1.82, 2.24) is 5.32 Å². The van der Waals surface area contributed by atoms with Crippen molar-refractivity contribution in [3.8, 4) is 5.75 Å². The van der Waals surface area contributed by atoms with E-state index in [1.807, 2.05) is 0 Å². The molecule has 0 aliphatic carbocycles. The smallest absolute Gasteiger partial charge is 0.406 e. The van der Waals surface area contributed by atoms with Gasteiger partial charge in [0.25, 0.3) is 0 Å². The van der Waals surface area contributed by atoms with Crippen molar-refractivity contribution in [2.24, 2.45) is 11.7 Å². The first-order chi connectivity index (χ1) is 9.89. The van der Waals surface area contributed by atoms with Crippen LogP contribution in [0.3, 0.4) is 0 Å². The van der Waals surface area contributed by atoms with E-state index >= 15 is 0 Å². The molecule has 1 aromatic carbocycles. The molecule has 21 heavy (non-hydrogen) atoms. The van der Waals surface area contributed by atoms with Crippen LogP contribution in [0.1, 0.15) is 38.3 Å². The normalized spacial score (nSPS) is 13.5. The molecule has 0 aromatic heterocycles. The van der Waals surface area contributed by atoms with E-state index in [9.17, 15) is 13.2 Å². The minimum Gasteiger partial charge on any atom is -0.406 e. The molecule has 3 N–H and O–H groups in total. The molecule has 0 bridgehead atoms. The van der Waals surface area contributed by atoms with Crippen LogP contribution in [-0.4, -0.2) is 19.5 Å². The third-order valence-electron chi connectivity index (χ3n) is 3.54. The van der Waals surface area contributed by atoms with Gasteiger partial charge in [0.15, 0.2) is 0 Å². The molecule has 1 unspecified atom stereocenters. The van der Waals surface area contributed by atoms with Gasteiger partial charge in [-0.2, -0.15) is 0 Å². The van der Waals surface area contributed by atoms with Crippen molar-refractivity contribution in [1.29, 1.82) is 0 Å². The summed E-state index contributed by atoms with van der Waals surface area (Å²) in [6.45, 7) is 5.34. The van der Waals surface area contributed by atoms with Crippen LogP contribution in [-0.2, 0) is 0 Å². The molecule has 0 spiro atoms. The molecule has 1 atom stereocenters. The maximum atomic E-state index is 12.2. The Labute approximate surface area is 123 Å². The first-order valence-electron chi connectivity index (χ1n) is 7.18. The Kier molecular flexibility index (Phi) is 6.98. The number of hydrogen-bond acceptors (Lipinski definition) is 3. The van der Waals surface area contributed by atoms with E-state index in [1.54, 1.807) is 6.07 Å². The lowest BCUT2D eigenvalue weighted by Gasteiger charge is -2.21. The lowest BCUT2D eigenvalue weighted by molar-refractivity contribution is -0.274. The summed E-state index contributed by atoms with van der Waals surface area (Å²) in [5, 5.41) is 3.32. The second-order valence-electron chi connectivity index (χ2n) is 5.00. The molecule has 0 aliphatic rings. The minimum absolute atomic E-state index is 0.178. The highest BCUT2D eigenvalue weighted by atomic mass is 19.4. The van der Waals surface area contributed by atoms with Gasteiger partial charge in [-0.1, -0.05) is 38.8 Å². The molecule has 1 aromatic rings. The van der Waals surface area contributed by atoms with Gasteiger partial charge in [0.1, 0.15) is 5.75 Å². The van der Waals surface area contributed by atoms with Gasteiger partial charge in [0.05, 0.1) is 0 Å². The Balaban J connectivity index is 2.74. The van der Waals surface area contributed by atoms with Crippen molar-refractivity contribution in [3.63, 3.8) is 0 Å². The molecular formula is C15H23F3N2O. The van der Waals surface area contributed by atoms with Gasteiger partial charge in [-0.25, -0.2) is 0 Å². The predicted molar refractivity (Wildman–Crippen MR) is 77.0 cm³/mol. The van der Waals surface area contributed by atoms with Crippen LogP contribution < -0.4 is 15.8 Å². The van der Waals surface area contributed by atoms with Crippen LogP contribution in [0, 0.1) is 5.92 Å². The molecule has 0 saturated carbocycles. The van der Waals surface area contributed by atoms with Gasteiger partial charge in [0.2, 0.25) is 0 Å². The van der Waals surface area contributed by atoms with Crippen LogP contribution >= 0.6 is 0 Å². The largest absolute Gasteiger partial charge is 0.573 e. The summed E-state index contributed by atoms with van der Waals surface area (Å²) in [6.07, 6.45) is -2.57. The maximum Gasteiger partial charge on any atom is 0.573 e. The molecule has 1 rings (SSSR count). The van der Waals surface area contributed by atoms with Crippen LogP contribution in [0.4, 0.5) is 13.2 Å². The topological polar surface area (TPSA) is 47.3 Å². The van der Waals surface area contributed by atoms with Crippen molar-refractivity contribution >= 4 is 0 Å². The number of ether oxygens (including phenoxy) is 1. The number of rotatable bonds is 8. The fraction of sp³-hybridized carbons (Fsp3) is 0.600. The first kappa shape index (κ1) is 17.8. The molecular weight excluding hydrogens is 281 g/mol. The van der Waals surface area contributed by atoms with E-state index in [0.29, 0.717) is 18.0 Å². The van der Waals surface area contributed by atoms with E-state index in [2.05, 4.69) is 23.9 Å². The summed E-state index contributed by atoms with van der Waals surface area (Å²) in [5.74, 6) is 0.316. The van der Waals surface area contributed by atoms with Gasteiger partial charge in [0, 0.05) is 12.6 Å². The van der Waals surface area contributed by atoms with E-state index in [4.69, 9.17) is 5.73 Å². The summed E-state index contributed by atoms with van der Waals surface area (Å²) in [7, 11) is 0. The van der Waals surface area contributed by atoms with Crippen LogP contribution in [0.2, 0.25) is 0 Å². The number of alkyl halides is 3. The molecule has 0 heterocycles.